The van der Waals surface area contributed by atoms with Crippen LogP contribution in [-0.4, -0.2) is 21.3 Å². The fraction of sp³-hybridized carbons (Fsp3) is 0.0625. The van der Waals surface area contributed by atoms with Crippen LogP contribution in [0.4, 0.5) is 0 Å². The second-order valence-electron chi connectivity index (χ2n) is 4.64. The van der Waals surface area contributed by atoms with Crippen LogP contribution in [0.1, 0.15) is 16.1 Å². The third kappa shape index (κ3) is 2.80. The third-order valence-corrected chi connectivity index (χ3v) is 3.19. The van der Waals surface area contributed by atoms with Gasteiger partial charge in [-0.05, 0) is 17.7 Å². The smallest absolute Gasteiger partial charge is 0.271 e. The van der Waals surface area contributed by atoms with E-state index in [-0.39, 0.29) is 5.69 Å². The molecule has 0 radical (unpaired) electrons. The van der Waals surface area contributed by atoms with E-state index in [0.717, 1.165) is 16.9 Å². The highest BCUT2D eigenvalue weighted by molar-refractivity contribution is 5.97. The van der Waals surface area contributed by atoms with Crippen molar-refractivity contribution in [1.82, 2.24) is 15.4 Å². The number of nitrogens with zero attached hydrogens (tertiary/aromatic N) is 2. The number of amides is 1. The van der Waals surface area contributed by atoms with Gasteiger partial charge in [0.05, 0.1) is 0 Å². The van der Waals surface area contributed by atoms with Crippen LogP contribution in [0.2, 0.25) is 0 Å². The Kier molecular flexibility index (Phi) is 3.82. The Morgan fingerprint density at radius 2 is 1.77 bits per heavy atom. The van der Waals surface area contributed by atoms with E-state index in [2.05, 4.69) is 15.4 Å². The van der Waals surface area contributed by atoms with Gasteiger partial charge in [-0.15, -0.1) is 0 Å². The average molecular weight is 294 g/mol. The van der Waals surface area contributed by atoms with E-state index in [0.29, 0.717) is 12.3 Å². The summed E-state index contributed by atoms with van der Waals surface area (Å²) in [5.74, 6) is 0.148. The number of carbonyl (C=O) groups is 1. The first-order valence-corrected chi connectivity index (χ1v) is 6.72. The largest absolute Gasteiger partial charge is 0.489 e. The lowest BCUT2D eigenvalue weighted by Gasteiger charge is -2.10. The topological polar surface area (TPSA) is 93.9 Å². The van der Waals surface area contributed by atoms with Gasteiger partial charge in [0, 0.05) is 5.56 Å². The van der Waals surface area contributed by atoms with Gasteiger partial charge in [-0.1, -0.05) is 42.5 Å². The summed E-state index contributed by atoms with van der Waals surface area (Å²) in [6.45, 7) is 0.352. The van der Waals surface area contributed by atoms with Crippen LogP contribution < -0.4 is 10.5 Å². The number of aromatic amines is 1. The van der Waals surface area contributed by atoms with Crippen LogP contribution in [0.5, 0.6) is 5.75 Å². The number of nitrogens with one attached hydrogen (secondary N) is 1. The number of para-hydroxylation sites is 1. The second-order valence-corrected chi connectivity index (χ2v) is 4.64. The van der Waals surface area contributed by atoms with E-state index in [4.69, 9.17) is 10.5 Å². The fourth-order valence-electron chi connectivity index (χ4n) is 2.15. The molecule has 6 nitrogen and oxygen atoms in total. The lowest BCUT2D eigenvalue weighted by Crippen LogP contribution is -2.13. The van der Waals surface area contributed by atoms with Crippen molar-refractivity contribution in [2.45, 2.75) is 6.61 Å². The van der Waals surface area contributed by atoms with Crippen LogP contribution in [-0.2, 0) is 6.61 Å². The van der Waals surface area contributed by atoms with Crippen LogP contribution in [0.3, 0.4) is 0 Å². The maximum absolute atomic E-state index is 11.4. The summed E-state index contributed by atoms with van der Waals surface area (Å²) in [7, 11) is 0. The number of nitrogens with two attached hydrogens (primary N) is 1. The minimum atomic E-state index is -0.623. The fourth-order valence-corrected chi connectivity index (χ4v) is 2.15. The molecule has 3 aromatic rings. The molecule has 0 fully saturated rings. The molecule has 0 unspecified atom stereocenters. The zero-order valence-electron chi connectivity index (χ0n) is 11.7. The van der Waals surface area contributed by atoms with Gasteiger partial charge in [-0.2, -0.15) is 15.4 Å². The van der Waals surface area contributed by atoms with Gasteiger partial charge in [0.15, 0.2) is 5.69 Å². The van der Waals surface area contributed by atoms with Crippen molar-refractivity contribution in [2.24, 2.45) is 5.73 Å². The summed E-state index contributed by atoms with van der Waals surface area (Å²) in [5.41, 5.74) is 7.52. The predicted octanol–water partition coefficient (Wildman–Crippen LogP) is 2.15. The van der Waals surface area contributed by atoms with Crippen LogP contribution in [0, 0.1) is 0 Å². The Morgan fingerprint density at radius 3 is 2.55 bits per heavy atom. The van der Waals surface area contributed by atoms with Gasteiger partial charge in [0.2, 0.25) is 0 Å². The lowest BCUT2D eigenvalue weighted by atomic mass is 10.0. The maximum Gasteiger partial charge on any atom is 0.271 e. The Balaban J connectivity index is 1.90. The minimum Gasteiger partial charge on any atom is -0.489 e. The first kappa shape index (κ1) is 13.8. The summed E-state index contributed by atoms with van der Waals surface area (Å²) < 4.78 is 5.76. The molecule has 22 heavy (non-hydrogen) atoms. The number of benzene rings is 2. The number of hydrogen-bond acceptors (Lipinski definition) is 4. The minimum absolute atomic E-state index is 0.118. The van der Waals surface area contributed by atoms with Crippen LogP contribution in [0.25, 0.3) is 11.3 Å². The molecule has 1 heterocycles. The number of H-pyrrole nitrogens is 1. The Hall–Kier alpha value is -3.15. The van der Waals surface area contributed by atoms with Gasteiger partial charge in [0.25, 0.3) is 5.91 Å². The van der Waals surface area contributed by atoms with Gasteiger partial charge >= 0.3 is 0 Å². The molecule has 2 aromatic carbocycles. The number of rotatable bonds is 5. The maximum atomic E-state index is 11.4. The normalized spacial score (nSPS) is 10.4. The monoisotopic (exact) mass is 294 g/mol. The molecule has 0 spiro atoms. The lowest BCUT2D eigenvalue weighted by molar-refractivity contribution is 0.0996. The molecule has 0 saturated heterocycles. The number of ether oxygens (including phenoxy) is 1. The van der Waals surface area contributed by atoms with Crippen LogP contribution >= 0.6 is 0 Å². The van der Waals surface area contributed by atoms with E-state index in [9.17, 15) is 4.79 Å². The van der Waals surface area contributed by atoms with Crippen LogP contribution in [0.15, 0.2) is 54.6 Å². The Morgan fingerprint density at radius 1 is 1.05 bits per heavy atom. The van der Waals surface area contributed by atoms with Gasteiger partial charge in [0.1, 0.15) is 18.1 Å². The van der Waals surface area contributed by atoms with Crippen molar-refractivity contribution in [2.75, 3.05) is 0 Å². The highest BCUT2D eigenvalue weighted by atomic mass is 16.5. The molecule has 0 aliphatic rings. The molecule has 1 amide bonds. The SMILES string of the molecule is NC(=O)c1n[nH]nc1-c1ccccc1COc1ccccc1. The summed E-state index contributed by atoms with van der Waals surface area (Å²) in [5, 5.41) is 10.3. The number of hydrogen-bond donors (Lipinski definition) is 2. The molecule has 3 rings (SSSR count). The number of aromatic nitrogens is 3. The molecular formula is C16H14N4O2. The number of primary amides is 1. The van der Waals surface area contributed by atoms with Crippen molar-refractivity contribution in [3.05, 3.63) is 65.9 Å². The zero-order chi connectivity index (χ0) is 15.4. The van der Waals surface area contributed by atoms with Crippen molar-refractivity contribution in [3.8, 4) is 17.0 Å². The molecule has 0 bridgehead atoms. The molecule has 0 aliphatic carbocycles. The highest BCUT2D eigenvalue weighted by Gasteiger charge is 2.17. The van der Waals surface area contributed by atoms with Crippen molar-refractivity contribution in [3.63, 3.8) is 0 Å². The molecule has 0 saturated carbocycles. The Labute approximate surface area is 126 Å². The molecule has 6 heteroatoms. The van der Waals surface area contributed by atoms with Crippen molar-refractivity contribution >= 4 is 5.91 Å². The molecule has 0 aliphatic heterocycles. The standard InChI is InChI=1S/C16H14N4O2/c17-16(21)15-14(18-20-19-15)13-9-5-4-6-11(13)10-22-12-7-2-1-3-8-12/h1-9H,10H2,(H2,17,21)(H,18,19,20). The Bertz CT molecular complexity index is 784. The summed E-state index contributed by atoms with van der Waals surface area (Å²) >= 11 is 0. The molecule has 0 atom stereocenters. The zero-order valence-corrected chi connectivity index (χ0v) is 11.7. The first-order chi connectivity index (χ1) is 10.8. The third-order valence-electron chi connectivity index (χ3n) is 3.19. The first-order valence-electron chi connectivity index (χ1n) is 6.72. The molecule has 110 valence electrons. The van der Waals surface area contributed by atoms with E-state index >= 15 is 0 Å². The van der Waals surface area contributed by atoms with Gasteiger partial charge in [-0.25, -0.2) is 0 Å². The summed E-state index contributed by atoms with van der Waals surface area (Å²) in [6.07, 6.45) is 0. The van der Waals surface area contributed by atoms with Crippen molar-refractivity contribution in [1.29, 1.82) is 0 Å². The van der Waals surface area contributed by atoms with E-state index in [1.54, 1.807) is 0 Å². The van der Waals surface area contributed by atoms with E-state index in [1.165, 1.54) is 0 Å². The van der Waals surface area contributed by atoms with E-state index < -0.39 is 5.91 Å². The molecular weight excluding hydrogens is 280 g/mol. The summed E-state index contributed by atoms with van der Waals surface area (Å²) in [4.78, 5) is 11.4. The van der Waals surface area contributed by atoms with Crippen molar-refractivity contribution < 1.29 is 9.53 Å². The molecule has 1 aromatic heterocycles. The summed E-state index contributed by atoms with van der Waals surface area (Å²) in [6, 6.07) is 17.0. The molecule has 3 N–H and O–H groups in total. The average Bonchev–Trinajstić information content (AvgIpc) is 3.04. The number of carbonyl (C=O) groups excluding carboxylic acids is 1. The van der Waals surface area contributed by atoms with E-state index in [1.807, 2.05) is 54.6 Å². The quantitative estimate of drug-likeness (QED) is 0.754. The van der Waals surface area contributed by atoms with Gasteiger partial charge < -0.3 is 10.5 Å². The van der Waals surface area contributed by atoms with Gasteiger partial charge in [-0.3, -0.25) is 4.79 Å². The highest BCUT2D eigenvalue weighted by Crippen LogP contribution is 2.25. The predicted molar refractivity (Wildman–Crippen MR) is 81.1 cm³/mol. The second kappa shape index (κ2) is 6.09.